The van der Waals surface area contributed by atoms with E-state index in [1.807, 2.05) is 18.2 Å². The van der Waals surface area contributed by atoms with Crippen molar-refractivity contribution in [2.45, 2.75) is 37.3 Å². The van der Waals surface area contributed by atoms with E-state index in [9.17, 15) is 28.3 Å². The molecule has 0 radical (unpaired) electrons. The van der Waals surface area contributed by atoms with Crippen molar-refractivity contribution in [3.63, 3.8) is 0 Å². The van der Waals surface area contributed by atoms with Crippen molar-refractivity contribution in [3.8, 4) is 28.3 Å². The largest absolute Gasteiger partial charge is 0.481 e. The SMILES string of the molecule is COc1nc(-c2cccc(-c3cccc(Nc4nc(C(F)F)nc5c4c(=O)n(C)c(=O)n5C)c3Cl)c2Cl)cc2c1[C@H](N1CC[C@@]3(CN(CCO)C(=O)N3)C1)CC2. The normalized spacial score (nSPS) is 19.4. The Morgan fingerprint density at radius 1 is 1.02 bits per heavy atom. The molecule has 3 aromatic heterocycles. The van der Waals surface area contributed by atoms with E-state index in [0.717, 1.165) is 46.1 Å². The molecule has 292 valence electrons. The van der Waals surface area contributed by atoms with E-state index >= 15 is 0 Å². The number of nitrogens with zero attached hydrogens (tertiary/aromatic N) is 7. The second kappa shape index (κ2) is 14.4. The lowest BCUT2D eigenvalue weighted by atomic mass is 9.99. The second-order valence-corrected chi connectivity index (χ2v) is 15.1. The molecule has 3 aliphatic rings. The minimum absolute atomic E-state index is 0.0503. The number of aliphatic hydroxyl groups excluding tert-OH is 1. The molecule has 5 heterocycles. The Balaban J connectivity index is 1.12. The van der Waals surface area contributed by atoms with Gasteiger partial charge in [-0.25, -0.2) is 33.3 Å². The molecule has 0 unspecified atom stereocenters. The van der Waals surface area contributed by atoms with Crippen molar-refractivity contribution in [1.82, 2.24) is 39.2 Å². The van der Waals surface area contributed by atoms with Crippen molar-refractivity contribution in [2.24, 2.45) is 14.1 Å². The van der Waals surface area contributed by atoms with E-state index in [2.05, 4.69) is 25.5 Å². The van der Waals surface area contributed by atoms with Crippen LogP contribution in [0.1, 0.15) is 42.3 Å². The molecule has 56 heavy (non-hydrogen) atoms. The zero-order valence-electron chi connectivity index (χ0n) is 30.6. The molecular weight excluding hydrogens is 771 g/mol. The van der Waals surface area contributed by atoms with Crippen LogP contribution in [0.2, 0.25) is 10.0 Å². The Labute approximate surface area is 328 Å². The Hall–Kier alpha value is -5.16. The predicted octanol–water partition coefficient (Wildman–Crippen LogP) is 5.20. The zero-order chi connectivity index (χ0) is 39.6. The first-order valence-corrected chi connectivity index (χ1v) is 18.7. The van der Waals surface area contributed by atoms with Crippen LogP contribution in [0.3, 0.4) is 0 Å². The second-order valence-electron chi connectivity index (χ2n) is 14.3. The first-order valence-electron chi connectivity index (χ1n) is 17.9. The maximum Gasteiger partial charge on any atom is 0.332 e. The highest BCUT2D eigenvalue weighted by molar-refractivity contribution is 6.39. The number of β-amino-alcohol motifs (C(OH)–C–C–N with tert-alkyl or cyclic N) is 1. The number of aliphatic hydroxyl groups is 1. The van der Waals surface area contributed by atoms with Gasteiger partial charge < -0.3 is 25.4 Å². The number of hydrogen-bond donors (Lipinski definition) is 3. The smallest absolute Gasteiger partial charge is 0.332 e. The molecule has 2 atom stereocenters. The molecular formula is C38H37Cl2F2N9O5. The van der Waals surface area contributed by atoms with Crippen LogP contribution in [0, 0.1) is 0 Å². The van der Waals surface area contributed by atoms with Gasteiger partial charge in [-0.15, -0.1) is 0 Å². The van der Waals surface area contributed by atoms with Gasteiger partial charge in [0.2, 0.25) is 5.88 Å². The average molecular weight is 809 g/mol. The summed E-state index contributed by atoms with van der Waals surface area (Å²) in [6.07, 6.45) is -0.643. The maximum absolute atomic E-state index is 13.9. The van der Waals surface area contributed by atoms with Crippen LogP contribution >= 0.6 is 23.2 Å². The number of alkyl halides is 2. The number of hydrogen-bond acceptors (Lipinski definition) is 10. The minimum Gasteiger partial charge on any atom is -0.481 e. The first-order chi connectivity index (χ1) is 26.8. The van der Waals surface area contributed by atoms with E-state index in [4.69, 9.17) is 32.9 Å². The number of rotatable bonds is 9. The molecule has 0 bridgehead atoms. The van der Waals surface area contributed by atoms with Crippen molar-refractivity contribution < 1.29 is 23.4 Å². The number of fused-ring (bicyclic) bond motifs is 2. The molecule has 1 aliphatic carbocycles. The number of urea groups is 1. The van der Waals surface area contributed by atoms with E-state index in [0.29, 0.717) is 52.9 Å². The third-order valence-corrected chi connectivity index (χ3v) is 11.8. The number of pyridine rings is 1. The van der Waals surface area contributed by atoms with Gasteiger partial charge in [-0.05, 0) is 37.0 Å². The van der Waals surface area contributed by atoms with Gasteiger partial charge in [-0.1, -0.05) is 53.5 Å². The summed E-state index contributed by atoms with van der Waals surface area (Å²) in [5.74, 6) is -0.617. The Morgan fingerprint density at radius 2 is 1.75 bits per heavy atom. The van der Waals surface area contributed by atoms with Crippen LogP contribution in [0.25, 0.3) is 33.4 Å². The summed E-state index contributed by atoms with van der Waals surface area (Å²) in [7, 11) is 4.20. The quantitative estimate of drug-likeness (QED) is 0.181. The third-order valence-electron chi connectivity index (χ3n) is 11.0. The number of methoxy groups -OCH3 is 1. The van der Waals surface area contributed by atoms with Gasteiger partial charge in [-0.3, -0.25) is 18.8 Å². The fraction of sp³-hybridized carbons (Fsp3) is 0.368. The number of ether oxygens (including phenoxy) is 1. The molecule has 1 spiro atoms. The summed E-state index contributed by atoms with van der Waals surface area (Å²) in [6, 6.07) is 12.5. The lowest BCUT2D eigenvalue weighted by molar-refractivity contribution is 0.141. The van der Waals surface area contributed by atoms with E-state index in [1.165, 1.54) is 14.1 Å². The van der Waals surface area contributed by atoms with Gasteiger partial charge in [0.1, 0.15) is 11.2 Å². The van der Waals surface area contributed by atoms with Crippen molar-refractivity contribution >= 4 is 51.8 Å². The summed E-state index contributed by atoms with van der Waals surface area (Å²) in [4.78, 5) is 55.2. The summed E-state index contributed by atoms with van der Waals surface area (Å²) in [6.45, 7) is 2.24. The molecule has 18 heteroatoms. The highest BCUT2D eigenvalue weighted by Gasteiger charge is 2.49. The summed E-state index contributed by atoms with van der Waals surface area (Å²) in [5, 5.41) is 15.9. The summed E-state index contributed by atoms with van der Waals surface area (Å²) < 4.78 is 35.6. The molecule has 3 N–H and O–H groups in total. The average Bonchev–Trinajstić information content (AvgIpc) is 3.89. The molecule has 2 amide bonds. The molecule has 5 aromatic rings. The predicted molar refractivity (Wildman–Crippen MR) is 207 cm³/mol. The molecule has 2 fully saturated rings. The van der Waals surface area contributed by atoms with Crippen molar-refractivity contribution in [3.05, 3.63) is 90.3 Å². The highest BCUT2D eigenvalue weighted by Crippen LogP contribution is 2.47. The van der Waals surface area contributed by atoms with Gasteiger partial charge in [0, 0.05) is 68.6 Å². The van der Waals surface area contributed by atoms with E-state index in [1.54, 1.807) is 36.3 Å². The molecule has 2 saturated heterocycles. The minimum atomic E-state index is -3.09. The van der Waals surface area contributed by atoms with E-state index < -0.39 is 23.5 Å². The zero-order valence-corrected chi connectivity index (χ0v) is 32.1. The van der Waals surface area contributed by atoms with Crippen LogP contribution < -0.4 is 26.6 Å². The Kier molecular flexibility index (Phi) is 9.71. The van der Waals surface area contributed by atoms with Crippen LogP contribution in [0.15, 0.2) is 52.1 Å². The number of anilines is 2. The number of benzene rings is 2. The monoisotopic (exact) mass is 807 g/mol. The van der Waals surface area contributed by atoms with Crippen LogP contribution in [0.4, 0.5) is 25.1 Å². The summed E-state index contributed by atoms with van der Waals surface area (Å²) >= 11 is 14.2. The fourth-order valence-corrected chi connectivity index (χ4v) is 8.89. The van der Waals surface area contributed by atoms with Crippen LogP contribution in [-0.2, 0) is 20.5 Å². The molecule has 8 rings (SSSR count). The highest BCUT2D eigenvalue weighted by atomic mass is 35.5. The van der Waals surface area contributed by atoms with Gasteiger partial charge in [0.05, 0.1) is 40.7 Å². The van der Waals surface area contributed by atoms with Gasteiger partial charge in [0.15, 0.2) is 11.5 Å². The number of nitrogens with one attached hydrogen (secondary N) is 2. The van der Waals surface area contributed by atoms with Gasteiger partial charge in [0.25, 0.3) is 12.0 Å². The Bertz CT molecular complexity index is 2550. The third kappa shape index (κ3) is 6.24. The summed E-state index contributed by atoms with van der Waals surface area (Å²) in [5.41, 5.74) is 2.52. The van der Waals surface area contributed by atoms with Crippen molar-refractivity contribution in [1.29, 1.82) is 0 Å². The van der Waals surface area contributed by atoms with Crippen LogP contribution in [0.5, 0.6) is 5.88 Å². The number of aryl methyl sites for hydroxylation is 2. The number of aromatic nitrogens is 5. The number of amides is 2. The Morgan fingerprint density at radius 3 is 2.48 bits per heavy atom. The van der Waals surface area contributed by atoms with E-state index in [-0.39, 0.29) is 51.8 Å². The number of carbonyl (C=O) groups excluding carboxylic acids is 1. The molecule has 14 nitrogen and oxygen atoms in total. The van der Waals surface area contributed by atoms with Crippen molar-refractivity contribution in [2.75, 3.05) is 45.2 Å². The lowest BCUT2D eigenvalue weighted by Gasteiger charge is -2.28. The molecule has 2 aromatic carbocycles. The molecule has 2 aliphatic heterocycles. The number of carbonyl (C=O) groups is 1. The topological polar surface area (TPSA) is 160 Å². The van der Waals surface area contributed by atoms with Crippen LogP contribution in [-0.4, -0.2) is 90.5 Å². The number of likely N-dealkylation sites (tertiary alicyclic amines) is 1. The van der Waals surface area contributed by atoms with Gasteiger partial charge in [-0.2, -0.15) is 0 Å². The first kappa shape index (κ1) is 37.7. The fourth-order valence-electron chi connectivity index (χ4n) is 8.29. The lowest BCUT2D eigenvalue weighted by Crippen LogP contribution is -2.46. The number of halogens is 4. The maximum atomic E-state index is 13.9. The molecule has 0 saturated carbocycles. The van der Waals surface area contributed by atoms with Gasteiger partial charge >= 0.3 is 11.7 Å². The standard InChI is InChI=1S/C38H37Cl2F2N9O5/c1-48-33-27(35(53)49(2)37(48)55)31(45-32(46-33)30(41)42)43-23-9-5-7-21(29(23)40)20-6-4-8-22(28(20)39)24-16-19-10-11-25(26(19)34(44-24)56-3)50-13-12-38(17-50)18-51(14-15-52)36(54)47-38/h4-9,16,25,30,52H,10-15,17-18H2,1-3H3,(H,47,54)(H,43,45,46)/t25-,38+/m1/s1.